The van der Waals surface area contributed by atoms with Crippen molar-refractivity contribution in [1.29, 1.82) is 0 Å². The molecule has 1 unspecified atom stereocenters. The van der Waals surface area contributed by atoms with Crippen molar-refractivity contribution in [3.05, 3.63) is 65.4 Å². The Balaban J connectivity index is 1.30. The smallest absolute Gasteiger partial charge is 0.277 e. The number of benzene rings is 1. The fourth-order valence-electron chi connectivity index (χ4n) is 3.68. The number of ketones is 1. The van der Waals surface area contributed by atoms with Gasteiger partial charge in [-0.2, -0.15) is 0 Å². The number of nitrogens with zero attached hydrogens (tertiary/aromatic N) is 3. The molecule has 5 rings (SSSR count). The summed E-state index contributed by atoms with van der Waals surface area (Å²) in [5, 5.41) is 8.16. The average Bonchev–Trinajstić information content (AvgIpc) is 3.58. The number of thioether (sulfide) groups is 1. The molecule has 0 amide bonds. The third-order valence-electron chi connectivity index (χ3n) is 5.41. The summed E-state index contributed by atoms with van der Waals surface area (Å²) >= 11 is 1.24. The molecule has 3 aromatic heterocycles. The van der Waals surface area contributed by atoms with E-state index in [4.69, 9.17) is 18.3 Å². The van der Waals surface area contributed by atoms with Crippen LogP contribution in [-0.2, 0) is 6.54 Å². The summed E-state index contributed by atoms with van der Waals surface area (Å²) in [5.74, 6) is 2.55. The number of aryl methyl sites for hydroxylation is 1. The van der Waals surface area contributed by atoms with Crippen LogP contribution in [0.25, 0.3) is 11.5 Å². The Kier molecular flexibility index (Phi) is 5.26. The predicted octanol–water partition coefficient (Wildman–Crippen LogP) is 4.89. The van der Waals surface area contributed by atoms with Gasteiger partial charge in [0.2, 0.25) is 12.7 Å². The van der Waals surface area contributed by atoms with Crippen molar-refractivity contribution >= 4 is 17.5 Å². The van der Waals surface area contributed by atoms with Crippen molar-refractivity contribution in [2.75, 3.05) is 6.79 Å². The molecule has 32 heavy (non-hydrogen) atoms. The Morgan fingerprint density at radius 1 is 1.16 bits per heavy atom. The highest BCUT2D eigenvalue weighted by Crippen LogP contribution is 2.36. The minimum atomic E-state index is -0.391. The van der Waals surface area contributed by atoms with Gasteiger partial charge in [0, 0.05) is 22.5 Å². The van der Waals surface area contributed by atoms with Crippen LogP contribution >= 0.6 is 11.8 Å². The molecule has 4 aromatic rings. The fraction of sp³-hybridized carbons (Fsp3) is 0.261. The summed E-state index contributed by atoms with van der Waals surface area (Å²) in [5.41, 5.74) is 3.32. The van der Waals surface area contributed by atoms with Gasteiger partial charge in [-0.15, -0.1) is 10.2 Å². The molecule has 0 N–H and O–H groups in total. The first-order valence-corrected chi connectivity index (χ1v) is 11.0. The van der Waals surface area contributed by atoms with E-state index < -0.39 is 5.25 Å². The predicted molar refractivity (Wildman–Crippen MR) is 117 cm³/mol. The Labute approximate surface area is 188 Å². The fourth-order valence-corrected chi connectivity index (χ4v) is 4.43. The summed E-state index contributed by atoms with van der Waals surface area (Å²) in [6.07, 6.45) is 1.65. The van der Waals surface area contributed by atoms with Gasteiger partial charge in [-0.3, -0.25) is 4.79 Å². The number of fused-ring (bicyclic) bond motifs is 1. The lowest BCUT2D eigenvalue weighted by Gasteiger charge is -2.10. The van der Waals surface area contributed by atoms with Gasteiger partial charge < -0.3 is 22.9 Å². The maximum absolute atomic E-state index is 13.2. The SMILES string of the molecule is Cc1cc(C(=O)C(C)Sc2nnc(-c3ccc4c(c3)OCO4)o2)c(C)n1Cc1ccco1. The molecule has 1 atom stereocenters. The van der Waals surface area contributed by atoms with Crippen LogP contribution in [0.15, 0.2) is 56.7 Å². The number of aromatic nitrogens is 3. The summed E-state index contributed by atoms with van der Waals surface area (Å²) in [7, 11) is 0. The maximum atomic E-state index is 13.2. The second kappa shape index (κ2) is 8.23. The molecule has 0 spiro atoms. The number of carbonyl (C=O) groups is 1. The monoisotopic (exact) mass is 451 g/mol. The van der Waals surface area contributed by atoms with E-state index >= 15 is 0 Å². The van der Waals surface area contributed by atoms with Crippen LogP contribution in [0, 0.1) is 13.8 Å². The second-order valence-corrected chi connectivity index (χ2v) is 8.81. The molecule has 0 aliphatic carbocycles. The number of carbonyl (C=O) groups excluding carboxylic acids is 1. The molecule has 0 saturated carbocycles. The lowest BCUT2D eigenvalue weighted by molar-refractivity contribution is 0.0993. The number of ether oxygens (including phenoxy) is 2. The maximum Gasteiger partial charge on any atom is 0.277 e. The molecule has 0 bridgehead atoms. The van der Waals surface area contributed by atoms with E-state index in [1.807, 2.05) is 45.0 Å². The molecule has 0 radical (unpaired) electrons. The van der Waals surface area contributed by atoms with Crippen LogP contribution in [0.3, 0.4) is 0 Å². The first-order valence-electron chi connectivity index (χ1n) is 10.1. The first kappa shape index (κ1) is 20.4. The zero-order valence-corrected chi connectivity index (χ0v) is 18.6. The zero-order chi connectivity index (χ0) is 22.2. The molecule has 1 aliphatic heterocycles. The molecular formula is C23H21N3O5S. The van der Waals surface area contributed by atoms with Crippen LogP contribution < -0.4 is 9.47 Å². The van der Waals surface area contributed by atoms with Gasteiger partial charge in [0.25, 0.3) is 5.22 Å². The number of hydrogen-bond donors (Lipinski definition) is 0. The third kappa shape index (κ3) is 3.80. The van der Waals surface area contributed by atoms with E-state index in [1.54, 1.807) is 18.4 Å². The lowest BCUT2D eigenvalue weighted by atomic mass is 10.1. The Bertz CT molecular complexity index is 1280. The summed E-state index contributed by atoms with van der Waals surface area (Å²) in [6.45, 7) is 6.56. The van der Waals surface area contributed by atoms with Gasteiger partial charge in [0.05, 0.1) is 18.1 Å². The van der Waals surface area contributed by atoms with E-state index in [0.717, 1.165) is 22.7 Å². The molecule has 0 saturated heterocycles. The number of furan rings is 1. The molecule has 9 heteroatoms. The van der Waals surface area contributed by atoms with Crippen molar-refractivity contribution in [2.24, 2.45) is 0 Å². The molecular weight excluding hydrogens is 430 g/mol. The van der Waals surface area contributed by atoms with E-state index in [2.05, 4.69) is 14.8 Å². The van der Waals surface area contributed by atoms with E-state index in [1.165, 1.54) is 11.8 Å². The third-order valence-corrected chi connectivity index (χ3v) is 6.34. The lowest BCUT2D eigenvalue weighted by Crippen LogP contribution is -2.15. The topological polar surface area (TPSA) is 92.5 Å². The summed E-state index contributed by atoms with van der Waals surface area (Å²) in [4.78, 5) is 13.2. The van der Waals surface area contributed by atoms with Gasteiger partial charge in [-0.05, 0) is 57.2 Å². The van der Waals surface area contributed by atoms with Crippen LogP contribution in [0.4, 0.5) is 0 Å². The molecule has 164 valence electrons. The van der Waals surface area contributed by atoms with Gasteiger partial charge in [-0.1, -0.05) is 11.8 Å². The largest absolute Gasteiger partial charge is 0.467 e. The molecule has 8 nitrogen and oxygen atoms in total. The van der Waals surface area contributed by atoms with Crippen molar-refractivity contribution in [1.82, 2.24) is 14.8 Å². The van der Waals surface area contributed by atoms with Crippen molar-refractivity contribution in [3.63, 3.8) is 0 Å². The van der Waals surface area contributed by atoms with Crippen LogP contribution in [-0.4, -0.2) is 32.6 Å². The van der Waals surface area contributed by atoms with Gasteiger partial charge >= 0.3 is 0 Å². The summed E-state index contributed by atoms with van der Waals surface area (Å²) in [6, 6.07) is 11.1. The Hall–Kier alpha value is -3.46. The Morgan fingerprint density at radius 3 is 2.81 bits per heavy atom. The minimum absolute atomic E-state index is 0.0108. The van der Waals surface area contributed by atoms with Gasteiger partial charge in [0.15, 0.2) is 17.3 Å². The van der Waals surface area contributed by atoms with Crippen LogP contribution in [0.2, 0.25) is 0 Å². The number of Topliss-reactive ketones (excluding diaryl/α,β-unsaturated/α-hetero) is 1. The molecule has 1 aliphatic rings. The number of rotatable bonds is 7. The minimum Gasteiger partial charge on any atom is -0.467 e. The molecule has 1 aromatic carbocycles. The van der Waals surface area contributed by atoms with Crippen LogP contribution in [0.5, 0.6) is 11.5 Å². The molecule has 0 fully saturated rings. The first-order chi connectivity index (χ1) is 15.5. The highest BCUT2D eigenvalue weighted by Gasteiger charge is 2.24. The zero-order valence-electron chi connectivity index (χ0n) is 17.8. The molecule has 4 heterocycles. The van der Waals surface area contributed by atoms with Crippen LogP contribution in [0.1, 0.15) is 34.4 Å². The van der Waals surface area contributed by atoms with Gasteiger partial charge in [-0.25, -0.2) is 0 Å². The quantitative estimate of drug-likeness (QED) is 0.290. The van der Waals surface area contributed by atoms with Crippen molar-refractivity contribution in [2.45, 2.75) is 37.8 Å². The average molecular weight is 452 g/mol. The van der Waals surface area contributed by atoms with Crippen molar-refractivity contribution in [3.8, 4) is 23.0 Å². The normalized spacial score (nSPS) is 13.5. The van der Waals surface area contributed by atoms with Gasteiger partial charge in [0.1, 0.15) is 5.76 Å². The number of hydrogen-bond acceptors (Lipinski definition) is 8. The standard InChI is InChI=1S/C23H21N3O5S/c1-13-9-18(14(2)26(13)11-17-5-4-8-28-17)21(27)15(3)32-23-25-24-22(31-23)16-6-7-19-20(10-16)30-12-29-19/h4-10,15H,11-12H2,1-3H3. The van der Waals surface area contributed by atoms with E-state index in [9.17, 15) is 4.79 Å². The second-order valence-electron chi connectivity index (χ2n) is 7.52. The van der Waals surface area contributed by atoms with E-state index in [0.29, 0.717) is 34.7 Å². The Morgan fingerprint density at radius 2 is 2.00 bits per heavy atom. The van der Waals surface area contributed by atoms with Crippen molar-refractivity contribution < 1.29 is 23.1 Å². The van der Waals surface area contributed by atoms with E-state index in [-0.39, 0.29) is 12.6 Å². The highest BCUT2D eigenvalue weighted by atomic mass is 32.2. The summed E-state index contributed by atoms with van der Waals surface area (Å²) < 4.78 is 24.0. The highest BCUT2D eigenvalue weighted by molar-refractivity contribution is 8.00.